The zero-order chi connectivity index (χ0) is 18.2. The van der Waals surface area contributed by atoms with Gasteiger partial charge in [-0.2, -0.15) is 0 Å². The van der Waals surface area contributed by atoms with Crippen molar-refractivity contribution in [1.29, 1.82) is 0 Å². The van der Waals surface area contributed by atoms with Crippen molar-refractivity contribution >= 4 is 17.5 Å². The molecule has 0 heterocycles. The molecule has 2 aromatic rings. The van der Waals surface area contributed by atoms with Gasteiger partial charge in [0.25, 0.3) is 5.91 Å². The summed E-state index contributed by atoms with van der Waals surface area (Å²) in [5.41, 5.74) is 3.37. The van der Waals surface area contributed by atoms with Crippen molar-refractivity contribution in [3.05, 3.63) is 65.2 Å². The number of anilines is 1. The molecule has 0 spiro atoms. The number of hydrogen-bond donors (Lipinski definition) is 3. The van der Waals surface area contributed by atoms with Crippen LogP contribution in [0.15, 0.2) is 48.5 Å². The fourth-order valence-electron chi connectivity index (χ4n) is 2.43. The van der Waals surface area contributed by atoms with Crippen LogP contribution in [0.4, 0.5) is 5.69 Å². The number of hydrogen-bond acceptors (Lipinski definition) is 3. The van der Waals surface area contributed by atoms with Crippen LogP contribution in [0.1, 0.15) is 28.4 Å². The molecule has 3 N–H and O–H groups in total. The van der Waals surface area contributed by atoms with E-state index >= 15 is 0 Å². The lowest BCUT2D eigenvalue weighted by Crippen LogP contribution is -2.33. The second kappa shape index (κ2) is 8.99. The Hall–Kier alpha value is -2.66. The van der Waals surface area contributed by atoms with Crippen molar-refractivity contribution in [3.8, 4) is 0 Å². The Balaban J connectivity index is 1.95. The topological polar surface area (TPSA) is 70.2 Å². The predicted octanol–water partition coefficient (Wildman–Crippen LogP) is 2.72. The predicted molar refractivity (Wildman–Crippen MR) is 101 cm³/mol. The molecule has 0 aliphatic rings. The molecule has 0 fully saturated rings. The van der Waals surface area contributed by atoms with Crippen molar-refractivity contribution in [2.45, 2.75) is 20.4 Å². The highest BCUT2D eigenvalue weighted by atomic mass is 16.2. The van der Waals surface area contributed by atoms with E-state index in [4.69, 9.17) is 0 Å². The summed E-state index contributed by atoms with van der Waals surface area (Å²) in [4.78, 5) is 24.2. The number of carbonyl (C=O) groups excluding carboxylic acids is 2. The standard InChI is InChI=1S/C20H25N3O2/c1-14-7-9-17(10-8-14)20(25)23-18-6-4-5-16(11-18)13-22-19(24)15(2)12-21-3/h4-11,15,21H,12-13H2,1-3H3,(H,22,24)(H,23,25). The highest BCUT2D eigenvalue weighted by molar-refractivity contribution is 6.04. The first-order valence-corrected chi connectivity index (χ1v) is 8.39. The molecular weight excluding hydrogens is 314 g/mol. The molecule has 0 bridgehead atoms. The normalized spacial score (nSPS) is 11.6. The van der Waals surface area contributed by atoms with Crippen molar-refractivity contribution < 1.29 is 9.59 Å². The highest BCUT2D eigenvalue weighted by Crippen LogP contribution is 2.13. The summed E-state index contributed by atoms with van der Waals surface area (Å²) >= 11 is 0. The SMILES string of the molecule is CNCC(C)C(=O)NCc1cccc(NC(=O)c2ccc(C)cc2)c1. The third-order valence-electron chi connectivity index (χ3n) is 3.92. The summed E-state index contributed by atoms with van der Waals surface area (Å²) in [6.45, 7) is 4.93. The molecule has 0 aliphatic heterocycles. The van der Waals surface area contributed by atoms with Crippen molar-refractivity contribution in [2.75, 3.05) is 18.9 Å². The molecule has 25 heavy (non-hydrogen) atoms. The van der Waals surface area contributed by atoms with Crippen molar-refractivity contribution in [2.24, 2.45) is 5.92 Å². The summed E-state index contributed by atoms with van der Waals surface area (Å²) < 4.78 is 0. The lowest BCUT2D eigenvalue weighted by Gasteiger charge is -2.12. The Bertz CT molecular complexity index is 726. The van der Waals surface area contributed by atoms with Gasteiger partial charge in [0, 0.05) is 30.3 Å². The minimum atomic E-state index is -0.149. The van der Waals surface area contributed by atoms with E-state index in [1.807, 2.05) is 57.3 Å². The van der Waals surface area contributed by atoms with E-state index in [0.717, 1.165) is 11.1 Å². The van der Waals surface area contributed by atoms with Crippen LogP contribution >= 0.6 is 0 Å². The van der Waals surface area contributed by atoms with E-state index < -0.39 is 0 Å². The lowest BCUT2D eigenvalue weighted by atomic mass is 10.1. The van der Waals surface area contributed by atoms with Gasteiger partial charge < -0.3 is 16.0 Å². The fraction of sp³-hybridized carbons (Fsp3) is 0.300. The Morgan fingerprint density at radius 3 is 2.48 bits per heavy atom. The summed E-state index contributed by atoms with van der Waals surface area (Å²) in [6, 6.07) is 14.9. The first-order valence-electron chi connectivity index (χ1n) is 8.39. The first-order chi connectivity index (χ1) is 12.0. The molecule has 0 saturated heterocycles. The third kappa shape index (κ3) is 5.72. The molecule has 2 rings (SSSR count). The molecule has 0 radical (unpaired) electrons. The number of benzene rings is 2. The molecule has 5 nitrogen and oxygen atoms in total. The van der Waals surface area contributed by atoms with Crippen LogP contribution in [0.25, 0.3) is 0 Å². The molecule has 2 aromatic carbocycles. The number of nitrogens with one attached hydrogen (secondary N) is 3. The van der Waals surface area contributed by atoms with Gasteiger partial charge in [-0.1, -0.05) is 36.8 Å². The van der Waals surface area contributed by atoms with Crippen LogP contribution in [0, 0.1) is 12.8 Å². The average Bonchev–Trinajstić information content (AvgIpc) is 2.60. The Morgan fingerprint density at radius 2 is 1.80 bits per heavy atom. The van der Waals surface area contributed by atoms with E-state index in [1.54, 1.807) is 12.1 Å². The minimum absolute atomic E-state index is 0.00319. The molecule has 0 aliphatic carbocycles. The maximum Gasteiger partial charge on any atom is 0.255 e. The maximum atomic E-state index is 12.3. The van der Waals surface area contributed by atoms with Gasteiger partial charge in [0.1, 0.15) is 0 Å². The van der Waals surface area contributed by atoms with Crippen LogP contribution in [-0.2, 0) is 11.3 Å². The van der Waals surface area contributed by atoms with E-state index in [2.05, 4.69) is 16.0 Å². The fourth-order valence-corrected chi connectivity index (χ4v) is 2.43. The monoisotopic (exact) mass is 339 g/mol. The lowest BCUT2D eigenvalue weighted by molar-refractivity contribution is -0.124. The van der Waals surface area contributed by atoms with Gasteiger partial charge in [0.15, 0.2) is 0 Å². The molecule has 1 atom stereocenters. The second-order valence-electron chi connectivity index (χ2n) is 6.20. The van der Waals surface area contributed by atoms with Crippen LogP contribution in [0.3, 0.4) is 0 Å². The average molecular weight is 339 g/mol. The van der Waals surface area contributed by atoms with Crippen molar-refractivity contribution in [1.82, 2.24) is 10.6 Å². The molecule has 2 amide bonds. The maximum absolute atomic E-state index is 12.3. The van der Waals surface area contributed by atoms with Gasteiger partial charge in [-0.25, -0.2) is 0 Å². The number of aryl methyl sites for hydroxylation is 1. The summed E-state index contributed by atoms with van der Waals surface area (Å²) in [5, 5.41) is 8.79. The molecule has 132 valence electrons. The largest absolute Gasteiger partial charge is 0.352 e. The van der Waals surface area contributed by atoms with Crippen LogP contribution in [-0.4, -0.2) is 25.4 Å². The quantitative estimate of drug-likeness (QED) is 0.726. The van der Waals surface area contributed by atoms with Crippen LogP contribution in [0.5, 0.6) is 0 Å². The van der Waals surface area contributed by atoms with Gasteiger partial charge in [-0.15, -0.1) is 0 Å². The zero-order valence-corrected chi connectivity index (χ0v) is 14.9. The minimum Gasteiger partial charge on any atom is -0.352 e. The summed E-state index contributed by atoms with van der Waals surface area (Å²) in [5.74, 6) is -0.235. The smallest absolute Gasteiger partial charge is 0.255 e. The van der Waals surface area contributed by atoms with Crippen LogP contribution < -0.4 is 16.0 Å². The third-order valence-corrected chi connectivity index (χ3v) is 3.92. The van der Waals surface area contributed by atoms with Gasteiger partial charge >= 0.3 is 0 Å². The Kier molecular flexibility index (Phi) is 6.71. The number of carbonyl (C=O) groups is 2. The van der Waals surface area contributed by atoms with Crippen molar-refractivity contribution in [3.63, 3.8) is 0 Å². The molecule has 0 aromatic heterocycles. The molecule has 0 saturated carbocycles. The van der Waals surface area contributed by atoms with Gasteiger partial charge in [0.2, 0.25) is 5.91 Å². The van der Waals surface area contributed by atoms with Gasteiger partial charge in [-0.05, 0) is 43.8 Å². The summed E-state index contributed by atoms with van der Waals surface area (Å²) in [7, 11) is 1.82. The number of rotatable bonds is 7. The highest BCUT2D eigenvalue weighted by Gasteiger charge is 2.11. The first kappa shape index (κ1) is 18.7. The molecule has 1 unspecified atom stereocenters. The second-order valence-corrected chi connectivity index (χ2v) is 6.20. The van der Waals surface area contributed by atoms with Gasteiger partial charge in [-0.3, -0.25) is 9.59 Å². The summed E-state index contributed by atoms with van der Waals surface area (Å²) in [6.07, 6.45) is 0. The van der Waals surface area contributed by atoms with E-state index in [9.17, 15) is 9.59 Å². The Morgan fingerprint density at radius 1 is 1.08 bits per heavy atom. The zero-order valence-electron chi connectivity index (χ0n) is 14.9. The van der Waals surface area contributed by atoms with E-state index in [1.165, 1.54) is 0 Å². The van der Waals surface area contributed by atoms with Gasteiger partial charge in [0.05, 0.1) is 0 Å². The Labute approximate surface area is 148 Å². The number of amides is 2. The van der Waals surface area contributed by atoms with E-state index in [0.29, 0.717) is 24.3 Å². The molecule has 5 heteroatoms. The van der Waals surface area contributed by atoms with E-state index in [-0.39, 0.29) is 17.7 Å². The molecular formula is C20H25N3O2. The van der Waals surface area contributed by atoms with Crippen LogP contribution in [0.2, 0.25) is 0 Å².